The lowest BCUT2D eigenvalue weighted by Gasteiger charge is -2.31. The van der Waals surface area contributed by atoms with Crippen LogP contribution in [0.4, 0.5) is 5.69 Å². The van der Waals surface area contributed by atoms with Gasteiger partial charge >= 0.3 is 5.97 Å². The summed E-state index contributed by atoms with van der Waals surface area (Å²) in [7, 11) is 0. The van der Waals surface area contributed by atoms with E-state index in [0.717, 1.165) is 23.5 Å². The molecule has 0 saturated carbocycles. The maximum absolute atomic E-state index is 13.2. The Morgan fingerprint density at radius 3 is 2.49 bits per heavy atom. The van der Waals surface area contributed by atoms with Gasteiger partial charge in [-0.15, -0.1) is 21.5 Å². The van der Waals surface area contributed by atoms with Gasteiger partial charge in [-0.3, -0.25) is 9.59 Å². The summed E-state index contributed by atoms with van der Waals surface area (Å²) in [6.45, 7) is 8.40. The summed E-state index contributed by atoms with van der Waals surface area (Å²) in [5.41, 5.74) is 3.72. The molecule has 0 bridgehead atoms. The number of nitrogens with one attached hydrogen (secondary N) is 1. The number of esters is 1. The number of ether oxygens (including phenoxy) is 1. The van der Waals surface area contributed by atoms with Gasteiger partial charge in [0, 0.05) is 36.1 Å². The van der Waals surface area contributed by atoms with Gasteiger partial charge in [0.15, 0.2) is 11.3 Å². The second kappa shape index (κ2) is 10.9. The number of fused-ring (bicyclic) bond motifs is 1. The molecular weight excluding hydrogens is 518 g/mol. The smallest absolute Gasteiger partial charge is 0.338 e. The summed E-state index contributed by atoms with van der Waals surface area (Å²) < 4.78 is 6.84. The topological polar surface area (TPSA) is 132 Å². The lowest BCUT2D eigenvalue weighted by molar-refractivity contribution is 0.0377. The molecule has 0 spiro atoms. The van der Waals surface area contributed by atoms with Crippen LogP contribution >= 0.6 is 11.3 Å². The van der Waals surface area contributed by atoms with Crippen LogP contribution in [-0.4, -0.2) is 66.7 Å². The number of rotatable bonds is 6. The minimum absolute atomic E-state index is 0.156. The van der Waals surface area contributed by atoms with Crippen LogP contribution in [0.3, 0.4) is 0 Å². The van der Waals surface area contributed by atoms with E-state index >= 15 is 0 Å². The van der Waals surface area contributed by atoms with Crippen molar-refractivity contribution in [1.29, 1.82) is 0 Å². The number of hydrogen-bond acceptors (Lipinski definition) is 9. The Bertz CT molecular complexity index is 1540. The summed E-state index contributed by atoms with van der Waals surface area (Å²) in [4.78, 5) is 44.3. The number of amides is 2. The molecule has 2 amide bonds. The summed E-state index contributed by atoms with van der Waals surface area (Å²) in [5, 5.41) is 18.2. The number of likely N-dealkylation sites (tertiary alicyclic amines) is 1. The van der Waals surface area contributed by atoms with Gasteiger partial charge < -0.3 is 15.0 Å². The Morgan fingerprint density at radius 2 is 1.79 bits per heavy atom. The number of hydrogen-bond donors (Lipinski definition) is 1. The number of carbonyl (C=O) groups excluding carboxylic acids is 3. The third-order valence-electron chi connectivity index (χ3n) is 6.54. The first-order chi connectivity index (χ1) is 18.7. The van der Waals surface area contributed by atoms with E-state index in [1.807, 2.05) is 19.9 Å². The molecule has 3 aromatic heterocycles. The molecule has 1 aromatic carbocycles. The second-order valence-corrected chi connectivity index (χ2v) is 10.7. The van der Waals surface area contributed by atoms with Gasteiger partial charge in [0.05, 0.1) is 28.1 Å². The summed E-state index contributed by atoms with van der Waals surface area (Å²) in [5.74, 6) is -0.718. The maximum atomic E-state index is 13.2. The Labute approximate surface area is 229 Å². The standard InChI is InChI=1S/C27H29N7O4S/c1-15(2)38-27(37)19-5-7-20(8-6-19)28-24(35)21-14-39-25(29-21)18-9-11-33(12-10-18)26(36)23-17(4)34-22(30-31-23)13-16(3)32-34/h5-8,13-15,18H,9-12H2,1-4H3,(H,28,35). The van der Waals surface area contributed by atoms with Crippen LogP contribution in [0.25, 0.3) is 5.65 Å². The molecule has 0 aliphatic carbocycles. The highest BCUT2D eigenvalue weighted by atomic mass is 32.1. The molecule has 202 valence electrons. The third-order valence-corrected chi connectivity index (χ3v) is 7.54. The zero-order valence-corrected chi connectivity index (χ0v) is 23.0. The molecule has 4 heterocycles. The van der Waals surface area contributed by atoms with E-state index in [1.54, 1.807) is 52.9 Å². The van der Waals surface area contributed by atoms with Gasteiger partial charge in [0.2, 0.25) is 0 Å². The zero-order chi connectivity index (χ0) is 27.7. The van der Waals surface area contributed by atoms with Crippen LogP contribution in [0, 0.1) is 13.8 Å². The predicted octanol–water partition coefficient (Wildman–Crippen LogP) is 4.03. The van der Waals surface area contributed by atoms with Crippen molar-refractivity contribution in [2.75, 3.05) is 18.4 Å². The quantitative estimate of drug-likeness (QED) is 0.358. The molecule has 1 aliphatic rings. The molecule has 11 nitrogen and oxygen atoms in total. The van der Waals surface area contributed by atoms with Crippen LogP contribution in [0.5, 0.6) is 0 Å². The highest BCUT2D eigenvalue weighted by molar-refractivity contribution is 7.10. The molecule has 0 radical (unpaired) electrons. The molecule has 1 fully saturated rings. The third kappa shape index (κ3) is 5.65. The van der Waals surface area contributed by atoms with E-state index in [1.165, 1.54) is 11.3 Å². The molecule has 1 aliphatic heterocycles. The molecule has 12 heteroatoms. The lowest BCUT2D eigenvalue weighted by atomic mass is 9.97. The van der Waals surface area contributed by atoms with E-state index < -0.39 is 5.97 Å². The van der Waals surface area contributed by atoms with E-state index in [-0.39, 0.29) is 23.8 Å². The Kier molecular flexibility index (Phi) is 7.38. The van der Waals surface area contributed by atoms with E-state index in [9.17, 15) is 14.4 Å². The van der Waals surface area contributed by atoms with Gasteiger partial charge in [-0.05, 0) is 64.8 Å². The number of benzene rings is 1. The number of anilines is 1. The number of carbonyl (C=O) groups is 3. The van der Waals surface area contributed by atoms with Crippen molar-refractivity contribution in [3.63, 3.8) is 0 Å². The number of piperidine rings is 1. The minimum atomic E-state index is -0.406. The average molecular weight is 548 g/mol. The Balaban J connectivity index is 1.17. The van der Waals surface area contributed by atoms with Gasteiger partial charge in [-0.25, -0.2) is 14.3 Å². The van der Waals surface area contributed by atoms with Crippen LogP contribution in [0.2, 0.25) is 0 Å². The fourth-order valence-electron chi connectivity index (χ4n) is 4.50. The predicted molar refractivity (Wildman–Crippen MR) is 145 cm³/mol. The molecule has 5 rings (SSSR count). The van der Waals surface area contributed by atoms with E-state index in [4.69, 9.17) is 4.74 Å². The monoisotopic (exact) mass is 547 g/mol. The number of aryl methyl sites for hydroxylation is 2. The van der Waals surface area contributed by atoms with Crippen molar-refractivity contribution in [3.8, 4) is 0 Å². The van der Waals surface area contributed by atoms with Crippen molar-refractivity contribution in [2.24, 2.45) is 0 Å². The van der Waals surface area contributed by atoms with Gasteiger partial charge in [-0.2, -0.15) is 5.10 Å². The number of aromatic nitrogens is 5. The molecule has 4 aromatic rings. The highest BCUT2D eigenvalue weighted by Crippen LogP contribution is 2.31. The summed E-state index contributed by atoms with van der Waals surface area (Å²) in [6.07, 6.45) is 1.28. The SMILES string of the molecule is Cc1cc2nnc(C(=O)N3CCC(c4nc(C(=O)Nc5ccc(C(=O)OC(C)C)cc5)cs4)CC3)c(C)n2n1. The van der Waals surface area contributed by atoms with Crippen molar-refractivity contribution in [1.82, 2.24) is 29.7 Å². The van der Waals surface area contributed by atoms with E-state index in [0.29, 0.717) is 47.1 Å². The van der Waals surface area contributed by atoms with Gasteiger partial charge in [0.25, 0.3) is 11.8 Å². The average Bonchev–Trinajstić information content (AvgIpc) is 3.56. The van der Waals surface area contributed by atoms with Crippen LogP contribution in [-0.2, 0) is 4.74 Å². The fourth-order valence-corrected chi connectivity index (χ4v) is 5.47. The summed E-state index contributed by atoms with van der Waals surface area (Å²) >= 11 is 1.45. The van der Waals surface area contributed by atoms with Gasteiger partial charge in [0.1, 0.15) is 5.69 Å². The van der Waals surface area contributed by atoms with Crippen molar-refractivity contribution in [2.45, 2.75) is 52.6 Å². The normalized spacial score (nSPS) is 14.1. The number of thiazole rings is 1. The zero-order valence-electron chi connectivity index (χ0n) is 22.2. The molecule has 1 saturated heterocycles. The first-order valence-electron chi connectivity index (χ1n) is 12.8. The second-order valence-electron chi connectivity index (χ2n) is 9.81. The number of nitrogens with zero attached hydrogens (tertiary/aromatic N) is 6. The van der Waals surface area contributed by atoms with Crippen molar-refractivity contribution in [3.05, 3.63) is 69.1 Å². The lowest BCUT2D eigenvalue weighted by Crippen LogP contribution is -2.39. The molecule has 1 N–H and O–H groups in total. The fraction of sp³-hybridized carbons (Fsp3) is 0.370. The Morgan fingerprint density at radius 1 is 1.08 bits per heavy atom. The first-order valence-corrected chi connectivity index (χ1v) is 13.6. The van der Waals surface area contributed by atoms with Crippen LogP contribution < -0.4 is 5.32 Å². The summed E-state index contributed by atoms with van der Waals surface area (Å²) in [6, 6.07) is 8.37. The van der Waals surface area contributed by atoms with Crippen molar-refractivity contribution >= 4 is 40.5 Å². The van der Waals surface area contributed by atoms with Gasteiger partial charge in [-0.1, -0.05) is 0 Å². The van der Waals surface area contributed by atoms with Crippen LogP contribution in [0.15, 0.2) is 35.7 Å². The minimum Gasteiger partial charge on any atom is -0.459 e. The largest absolute Gasteiger partial charge is 0.459 e. The van der Waals surface area contributed by atoms with Crippen LogP contribution in [0.1, 0.15) is 80.3 Å². The Hall–Kier alpha value is -4.19. The van der Waals surface area contributed by atoms with E-state index in [2.05, 4.69) is 25.6 Å². The highest BCUT2D eigenvalue weighted by Gasteiger charge is 2.29. The first kappa shape index (κ1) is 26.4. The maximum Gasteiger partial charge on any atom is 0.338 e. The molecular formula is C27H29N7O4S. The molecule has 0 atom stereocenters. The molecule has 39 heavy (non-hydrogen) atoms. The van der Waals surface area contributed by atoms with Crippen molar-refractivity contribution < 1.29 is 19.1 Å². The molecule has 0 unspecified atom stereocenters.